The fourth-order valence-electron chi connectivity index (χ4n) is 3.45. The first-order valence-corrected chi connectivity index (χ1v) is 10.0. The predicted octanol–water partition coefficient (Wildman–Crippen LogP) is 2.26. The number of aromatic amines is 1. The van der Waals surface area contributed by atoms with Gasteiger partial charge in [-0.15, -0.1) is 11.3 Å². The normalized spacial score (nSPS) is 16.7. The van der Waals surface area contributed by atoms with Gasteiger partial charge in [0.15, 0.2) is 0 Å². The van der Waals surface area contributed by atoms with E-state index in [1.165, 1.54) is 11.3 Å². The Hall–Kier alpha value is -2.74. The van der Waals surface area contributed by atoms with Gasteiger partial charge >= 0.3 is 0 Å². The number of aryl methyl sites for hydroxylation is 1. The second-order valence-electron chi connectivity index (χ2n) is 6.64. The zero-order valence-corrected chi connectivity index (χ0v) is 15.7. The summed E-state index contributed by atoms with van der Waals surface area (Å²) < 4.78 is 0. The molecule has 27 heavy (non-hydrogen) atoms. The van der Waals surface area contributed by atoms with Crippen LogP contribution in [0, 0.1) is 0 Å². The molecule has 1 aliphatic rings. The Morgan fingerprint density at radius 1 is 1.33 bits per heavy atom. The Morgan fingerprint density at radius 2 is 2.22 bits per heavy atom. The van der Waals surface area contributed by atoms with Crippen LogP contribution in [0.15, 0.2) is 35.2 Å². The lowest BCUT2D eigenvalue weighted by Gasteiger charge is -2.23. The van der Waals surface area contributed by atoms with Crippen molar-refractivity contribution in [2.45, 2.75) is 38.3 Å². The molecule has 2 N–H and O–H groups in total. The number of nitrogens with one attached hydrogen (secondary N) is 2. The van der Waals surface area contributed by atoms with E-state index in [-0.39, 0.29) is 17.9 Å². The van der Waals surface area contributed by atoms with Gasteiger partial charge in [0.05, 0.1) is 28.8 Å². The summed E-state index contributed by atoms with van der Waals surface area (Å²) in [7, 11) is 0. The van der Waals surface area contributed by atoms with Gasteiger partial charge in [0, 0.05) is 24.8 Å². The van der Waals surface area contributed by atoms with E-state index in [1.807, 2.05) is 29.6 Å². The molecule has 1 saturated heterocycles. The van der Waals surface area contributed by atoms with E-state index in [1.54, 1.807) is 10.4 Å². The molecule has 0 spiro atoms. The van der Waals surface area contributed by atoms with Crippen LogP contribution < -0.4 is 5.32 Å². The highest BCUT2D eigenvalue weighted by Gasteiger charge is 2.33. The van der Waals surface area contributed by atoms with Crippen molar-refractivity contribution in [3.63, 3.8) is 0 Å². The zero-order chi connectivity index (χ0) is 18.6. The van der Waals surface area contributed by atoms with Crippen LogP contribution in [0.25, 0.3) is 11.0 Å². The summed E-state index contributed by atoms with van der Waals surface area (Å²) in [5.74, 6) is 0.702. The van der Waals surface area contributed by atoms with Crippen LogP contribution in [0.1, 0.15) is 30.8 Å². The van der Waals surface area contributed by atoms with Gasteiger partial charge in [-0.25, -0.2) is 9.97 Å². The van der Waals surface area contributed by atoms with Crippen molar-refractivity contribution in [3.8, 4) is 0 Å². The lowest BCUT2D eigenvalue weighted by Crippen LogP contribution is -2.45. The number of thiazole rings is 1. The van der Waals surface area contributed by atoms with Gasteiger partial charge in [-0.3, -0.25) is 9.59 Å². The number of likely N-dealkylation sites (tertiary alicyclic amines) is 1. The predicted molar refractivity (Wildman–Crippen MR) is 103 cm³/mol. The number of imidazole rings is 1. The van der Waals surface area contributed by atoms with Gasteiger partial charge < -0.3 is 15.2 Å². The summed E-state index contributed by atoms with van der Waals surface area (Å²) >= 11 is 1.50. The third kappa shape index (κ3) is 4.00. The molecule has 3 aromatic rings. The summed E-state index contributed by atoms with van der Waals surface area (Å²) in [4.78, 5) is 38.8. The maximum Gasteiger partial charge on any atom is 0.243 e. The van der Waals surface area contributed by atoms with Crippen LogP contribution >= 0.6 is 11.3 Å². The first-order chi connectivity index (χ1) is 13.2. The molecule has 8 heteroatoms. The molecule has 1 aliphatic heterocycles. The third-order valence-corrected chi connectivity index (χ3v) is 5.45. The minimum atomic E-state index is -0.383. The van der Waals surface area contributed by atoms with Gasteiger partial charge in [-0.05, 0) is 25.0 Å². The molecule has 2 amide bonds. The minimum Gasteiger partial charge on any atom is -0.349 e. The Labute approximate surface area is 160 Å². The fraction of sp³-hybridized carbons (Fsp3) is 0.368. The molecule has 4 rings (SSSR count). The minimum absolute atomic E-state index is 0.00163. The largest absolute Gasteiger partial charge is 0.349 e. The molecule has 0 aliphatic carbocycles. The van der Waals surface area contributed by atoms with E-state index in [0.717, 1.165) is 29.0 Å². The number of fused-ring (bicyclic) bond motifs is 1. The van der Waals surface area contributed by atoms with Crippen LogP contribution in [0.5, 0.6) is 0 Å². The smallest absolute Gasteiger partial charge is 0.243 e. The number of hydrogen-bond donors (Lipinski definition) is 2. The second-order valence-corrected chi connectivity index (χ2v) is 7.36. The number of benzene rings is 1. The molecule has 140 valence electrons. The van der Waals surface area contributed by atoms with Gasteiger partial charge in [-0.2, -0.15) is 0 Å². The maximum atomic E-state index is 12.7. The van der Waals surface area contributed by atoms with Crippen molar-refractivity contribution < 1.29 is 9.59 Å². The maximum absolute atomic E-state index is 12.7. The van der Waals surface area contributed by atoms with Gasteiger partial charge in [0.25, 0.3) is 0 Å². The Morgan fingerprint density at radius 3 is 3.04 bits per heavy atom. The summed E-state index contributed by atoms with van der Waals surface area (Å²) in [5, 5.41) is 4.80. The van der Waals surface area contributed by atoms with E-state index >= 15 is 0 Å². The number of para-hydroxylation sites is 2. The molecule has 0 radical (unpaired) electrons. The number of H-pyrrole nitrogens is 1. The topological polar surface area (TPSA) is 91.0 Å². The first kappa shape index (κ1) is 17.7. The van der Waals surface area contributed by atoms with E-state index < -0.39 is 0 Å². The molecule has 1 atom stereocenters. The SMILES string of the molecule is O=C(NCc1cscn1)C1CCCN1C(=O)CCc1nc2ccccc2[nH]1. The van der Waals surface area contributed by atoms with Crippen LogP contribution in [0.4, 0.5) is 0 Å². The molecule has 1 fully saturated rings. The van der Waals surface area contributed by atoms with Crippen LogP contribution in [-0.2, 0) is 22.6 Å². The molecule has 1 unspecified atom stereocenters. The fourth-order valence-corrected chi connectivity index (χ4v) is 4.01. The number of carbonyl (C=O) groups is 2. The average Bonchev–Trinajstić information content (AvgIpc) is 3.44. The summed E-state index contributed by atoms with van der Waals surface area (Å²) in [6.07, 6.45) is 2.44. The van der Waals surface area contributed by atoms with E-state index in [9.17, 15) is 9.59 Å². The molecule has 0 saturated carbocycles. The van der Waals surface area contributed by atoms with Gasteiger partial charge in [0.1, 0.15) is 11.9 Å². The van der Waals surface area contributed by atoms with E-state index in [4.69, 9.17) is 0 Å². The van der Waals surface area contributed by atoms with Crippen molar-refractivity contribution >= 4 is 34.2 Å². The van der Waals surface area contributed by atoms with Crippen LogP contribution in [-0.4, -0.2) is 44.3 Å². The van der Waals surface area contributed by atoms with Crippen molar-refractivity contribution in [2.75, 3.05) is 6.54 Å². The van der Waals surface area contributed by atoms with Gasteiger partial charge in [0.2, 0.25) is 11.8 Å². The van der Waals surface area contributed by atoms with Crippen molar-refractivity contribution in [2.24, 2.45) is 0 Å². The van der Waals surface area contributed by atoms with Gasteiger partial charge in [-0.1, -0.05) is 12.1 Å². The summed E-state index contributed by atoms with van der Waals surface area (Å²) in [6.45, 7) is 1.04. The number of rotatable bonds is 6. The molecule has 1 aromatic carbocycles. The third-order valence-electron chi connectivity index (χ3n) is 4.82. The monoisotopic (exact) mass is 383 g/mol. The highest BCUT2D eigenvalue weighted by atomic mass is 32.1. The Kier molecular flexibility index (Phi) is 5.15. The Balaban J connectivity index is 1.33. The number of amides is 2. The van der Waals surface area contributed by atoms with Crippen molar-refractivity contribution in [3.05, 3.63) is 46.7 Å². The number of aromatic nitrogens is 3. The summed E-state index contributed by atoms with van der Waals surface area (Å²) in [6, 6.07) is 7.43. The molecule has 0 bridgehead atoms. The van der Waals surface area contributed by atoms with E-state index in [2.05, 4.69) is 20.3 Å². The zero-order valence-electron chi connectivity index (χ0n) is 14.9. The standard InChI is InChI=1S/C19H21N5O2S/c25-18(8-7-17-22-14-4-1-2-5-15(14)23-17)24-9-3-6-16(24)19(26)20-10-13-11-27-12-21-13/h1-2,4-5,11-12,16H,3,6-10H2,(H,20,26)(H,22,23). The Bertz CT molecular complexity index is 904. The molecule has 7 nitrogen and oxygen atoms in total. The molecule has 2 aromatic heterocycles. The quantitative estimate of drug-likeness (QED) is 0.683. The average molecular weight is 383 g/mol. The second kappa shape index (κ2) is 7.87. The van der Waals surface area contributed by atoms with Crippen molar-refractivity contribution in [1.82, 2.24) is 25.2 Å². The van der Waals surface area contributed by atoms with E-state index in [0.29, 0.717) is 32.4 Å². The lowest BCUT2D eigenvalue weighted by atomic mass is 10.2. The first-order valence-electron chi connectivity index (χ1n) is 9.08. The van der Waals surface area contributed by atoms with Crippen LogP contribution in [0.2, 0.25) is 0 Å². The number of nitrogens with zero attached hydrogens (tertiary/aromatic N) is 3. The van der Waals surface area contributed by atoms with Crippen LogP contribution in [0.3, 0.4) is 0 Å². The molecular formula is C19H21N5O2S. The highest BCUT2D eigenvalue weighted by molar-refractivity contribution is 7.07. The lowest BCUT2D eigenvalue weighted by molar-refractivity contribution is -0.138. The van der Waals surface area contributed by atoms with Crippen molar-refractivity contribution in [1.29, 1.82) is 0 Å². The molecular weight excluding hydrogens is 362 g/mol. The molecule has 3 heterocycles. The highest BCUT2D eigenvalue weighted by Crippen LogP contribution is 2.20. The summed E-state index contributed by atoms with van der Waals surface area (Å²) in [5.41, 5.74) is 4.46. The number of hydrogen-bond acceptors (Lipinski definition) is 5. The number of carbonyl (C=O) groups excluding carboxylic acids is 2.